The van der Waals surface area contributed by atoms with Gasteiger partial charge in [0.1, 0.15) is 5.52 Å². The third-order valence-corrected chi connectivity index (χ3v) is 3.42. The van der Waals surface area contributed by atoms with Gasteiger partial charge in [0.25, 0.3) is 0 Å². The molecule has 1 saturated heterocycles. The van der Waals surface area contributed by atoms with Gasteiger partial charge in [-0.25, -0.2) is 4.98 Å². The minimum atomic E-state index is 0.220. The van der Waals surface area contributed by atoms with Crippen LogP contribution < -0.4 is 5.32 Å². The lowest BCUT2D eigenvalue weighted by Crippen LogP contribution is -2.34. The first-order valence-corrected chi connectivity index (χ1v) is 6.46. The van der Waals surface area contributed by atoms with Crippen LogP contribution in [0.4, 0.5) is 0 Å². The van der Waals surface area contributed by atoms with Crippen molar-refractivity contribution in [2.24, 2.45) is 0 Å². The first kappa shape index (κ1) is 11.7. The summed E-state index contributed by atoms with van der Waals surface area (Å²) >= 11 is 0. The van der Waals surface area contributed by atoms with E-state index in [1.54, 1.807) is 0 Å². The maximum atomic E-state index is 5.85. The highest BCUT2D eigenvalue weighted by molar-refractivity contribution is 5.73. The van der Waals surface area contributed by atoms with Crippen LogP contribution in [0, 0.1) is 6.92 Å². The summed E-state index contributed by atoms with van der Waals surface area (Å²) in [5.41, 5.74) is 3.00. The minimum Gasteiger partial charge on any atom is -0.440 e. The predicted molar refractivity (Wildman–Crippen MR) is 69.8 cm³/mol. The van der Waals surface area contributed by atoms with Crippen molar-refractivity contribution in [3.8, 4) is 0 Å². The van der Waals surface area contributed by atoms with Gasteiger partial charge in [0, 0.05) is 6.04 Å². The second-order valence-corrected chi connectivity index (χ2v) is 4.83. The molecule has 2 aromatic rings. The number of ether oxygens (including phenoxy) is 1. The third-order valence-electron chi connectivity index (χ3n) is 3.42. The molecule has 4 heteroatoms. The number of hydrogen-bond donors (Lipinski definition) is 1. The Morgan fingerprint density at radius 2 is 2.28 bits per heavy atom. The summed E-state index contributed by atoms with van der Waals surface area (Å²) in [6.45, 7) is 6.52. The Labute approximate surface area is 106 Å². The van der Waals surface area contributed by atoms with Gasteiger partial charge in [-0.1, -0.05) is 13.0 Å². The number of benzene rings is 1. The van der Waals surface area contributed by atoms with Crippen molar-refractivity contribution in [2.75, 3.05) is 19.8 Å². The zero-order valence-corrected chi connectivity index (χ0v) is 10.8. The molecule has 0 bridgehead atoms. The van der Waals surface area contributed by atoms with Gasteiger partial charge in [0.2, 0.25) is 5.89 Å². The number of nitrogens with one attached hydrogen (secondary N) is 1. The van der Waals surface area contributed by atoms with E-state index in [2.05, 4.69) is 30.2 Å². The smallest absolute Gasteiger partial charge is 0.202 e. The first-order valence-electron chi connectivity index (χ1n) is 6.46. The number of aromatic nitrogens is 1. The molecule has 2 atom stereocenters. The summed E-state index contributed by atoms with van der Waals surface area (Å²) in [6, 6.07) is 6.40. The molecule has 0 radical (unpaired) electrons. The first-order chi connectivity index (χ1) is 8.78. The van der Waals surface area contributed by atoms with E-state index in [1.807, 2.05) is 12.1 Å². The van der Waals surface area contributed by atoms with Gasteiger partial charge in [-0.15, -0.1) is 0 Å². The van der Waals surface area contributed by atoms with Crippen LogP contribution in [0.25, 0.3) is 11.1 Å². The molecule has 1 fully saturated rings. The molecule has 1 aliphatic heterocycles. The number of hydrogen-bond acceptors (Lipinski definition) is 4. The molecular weight excluding hydrogens is 228 g/mol. The second kappa shape index (κ2) is 4.71. The van der Waals surface area contributed by atoms with E-state index in [0.717, 1.165) is 30.1 Å². The third kappa shape index (κ3) is 2.02. The van der Waals surface area contributed by atoms with Gasteiger partial charge in [-0.05, 0) is 31.2 Å². The Balaban J connectivity index is 1.93. The van der Waals surface area contributed by atoms with Crippen LogP contribution in [0.3, 0.4) is 0 Å². The zero-order chi connectivity index (χ0) is 12.5. The predicted octanol–water partition coefficient (Wildman–Crippen LogP) is 2.23. The summed E-state index contributed by atoms with van der Waals surface area (Å²) in [7, 11) is 0. The van der Waals surface area contributed by atoms with Crippen LogP contribution >= 0.6 is 0 Å². The fourth-order valence-corrected chi connectivity index (χ4v) is 2.47. The monoisotopic (exact) mass is 246 g/mol. The lowest BCUT2D eigenvalue weighted by atomic mass is 10.0. The highest BCUT2D eigenvalue weighted by Gasteiger charge is 2.32. The van der Waals surface area contributed by atoms with Gasteiger partial charge in [-0.3, -0.25) is 0 Å². The van der Waals surface area contributed by atoms with Crippen LogP contribution in [0.2, 0.25) is 0 Å². The van der Waals surface area contributed by atoms with Gasteiger partial charge >= 0.3 is 0 Å². The molecule has 1 aromatic heterocycles. The molecule has 0 aliphatic carbocycles. The molecule has 18 heavy (non-hydrogen) atoms. The molecule has 1 aliphatic rings. The maximum absolute atomic E-state index is 5.85. The van der Waals surface area contributed by atoms with Crippen molar-refractivity contribution in [3.05, 3.63) is 29.7 Å². The molecule has 2 heterocycles. The Morgan fingerprint density at radius 3 is 3.11 bits per heavy atom. The summed E-state index contributed by atoms with van der Waals surface area (Å²) in [6.07, 6.45) is 0. The number of nitrogens with zero attached hydrogens (tertiary/aromatic N) is 1. The molecule has 0 amide bonds. The van der Waals surface area contributed by atoms with Gasteiger partial charge < -0.3 is 14.5 Å². The van der Waals surface area contributed by atoms with Crippen molar-refractivity contribution in [2.45, 2.75) is 25.8 Å². The van der Waals surface area contributed by atoms with E-state index < -0.39 is 0 Å². The SMILES string of the molecule is CCNC1COCC1c1nc2cc(C)ccc2o1. The van der Waals surface area contributed by atoms with E-state index >= 15 is 0 Å². The topological polar surface area (TPSA) is 47.3 Å². The van der Waals surface area contributed by atoms with Crippen LogP contribution in [0.5, 0.6) is 0 Å². The summed E-state index contributed by atoms with van der Waals surface area (Å²) in [5, 5.41) is 3.42. The maximum Gasteiger partial charge on any atom is 0.202 e. The van der Waals surface area contributed by atoms with Gasteiger partial charge in [0.05, 0.1) is 19.1 Å². The fourth-order valence-electron chi connectivity index (χ4n) is 2.47. The Bertz CT molecular complexity index is 550. The van der Waals surface area contributed by atoms with Crippen LogP contribution in [-0.4, -0.2) is 30.8 Å². The van der Waals surface area contributed by atoms with E-state index in [0.29, 0.717) is 12.6 Å². The van der Waals surface area contributed by atoms with Crippen LogP contribution in [0.1, 0.15) is 24.3 Å². The average molecular weight is 246 g/mol. The normalized spacial score (nSPS) is 23.9. The van der Waals surface area contributed by atoms with Crippen molar-refractivity contribution in [1.82, 2.24) is 10.3 Å². The molecule has 0 spiro atoms. The lowest BCUT2D eigenvalue weighted by Gasteiger charge is -2.14. The molecule has 2 unspecified atom stereocenters. The van der Waals surface area contributed by atoms with Gasteiger partial charge in [-0.2, -0.15) is 0 Å². The summed E-state index contributed by atoms with van der Waals surface area (Å²) in [4.78, 5) is 4.60. The lowest BCUT2D eigenvalue weighted by molar-refractivity contribution is 0.186. The zero-order valence-electron chi connectivity index (χ0n) is 10.8. The Kier molecular flexibility index (Phi) is 3.06. The molecule has 4 nitrogen and oxygen atoms in total. The number of aryl methyl sites for hydroxylation is 1. The largest absolute Gasteiger partial charge is 0.440 e. The van der Waals surface area contributed by atoms with Crippen molar-refractivity contribution >= 4 is 11.1 Å². The highest BCUT2D eigenvalue weighted by Crippen LogP contribution is 2.28. The Morgan fingerprint density at radius 1 is 1.39 bits per heavy atom. The Hall–Kier alpha value is -1.39. The van der Waals surface area contributed by atoms with E-state index in [1.165, 1.54) is 5.56 Å². The van der Waals surface area contributed by atoms with Crippen molar-refractivity contribution in [3.63, 3.8) is 0 Å². The molecular formula is C14H18N2O2. The molecule has 96 valence electrons. The van der Waals surface area contributed by atoms with Gasteiger partial charge in [0.15, 0.2) is 5.58 Å². The highest BCUT2D eigenvalue weighted by atomic mass is 16.5. The van der Waals surface area contributed by atoms with E-state index in [4.69, 9.17) is 9.15 Å². The number of oxazole rings is 1. The van der Waals surface area contributed by atoms with E-state index in [-0.39, 0.29) is 5.92 Å². The van der Waals surface area contributed by atoms with Crippen LogP contribution in [-0.2, 0) is 4.74 Å². The number of fused-ring (bicyclic) bond motifs is 1. The van der Waals surface area contributed by atoms with E-state index in [9.17, 15) is 0 Å². The fraction of sp³-hybridized carbons (Fsp3) is 0.500. The minimum absolute atomic E-state index is 0.220. The molecule has 1 aromatic carbocycles. The summed E-state index contributed by atoms with van der Waals surface area (Å²) in [5.74, 6) is 1.01. The van der Waals surface area contributed by atoms with Crippen molar-refractivity contribution in [1.29, 1.82) is 0 Å². The van der Waals surface area contributed by atoms with Crippen LogP contribution in [0.15, 0.2) is 22.6 Å². The standard InChI is InChI=1S/C14H18N2O2/c1-3-15-12-8-17-7-10(12)14-16-11-6-9(2)4-5-13(11)18-14/h4-6,10,12,15H,3,7-8H2,1-2H3. The van der Waals surface area contributed by atoms with Crippen molar-refractivity contribution < 1.29 is 9.15 Å². The molecule has 0 saturated carbocycles. The average Bonchev–Trinajstić information content (AvgIpc) is 2.94. The number of rotatable bonds is 3. The summed E-state index contributed by atoms with van der Waals surface area (Å²) < 4.78 is 11.4. The number of likely N-dealkylation sites (N-methyl/N-ethyl adjacent to an activating group) is 1. The molecule has 3 rings (SSSR count). The quantitative estimate of drug-likeness (QED) is 0.902. The molecule has 1 N–H and O–H groups in total. The second-order valence-electron chi connectivity index (χ2n) is 4.83.